The minimum atomic E-state index is -0.131. The zero-order chi connectivity index (χ0) is 37.0. The minimum Gasteiger partial charge on any atom is -0.456 e. The molecule has 0 amide bonds. The van der Waals surface area contributed by atoms with Crippen molar-refractivity contribution in [3.63, 3.8) is 0 Å². The van der Waals surface area contributed by atoms with Crippen LogP contribution in [0.1, 0.15) is 35.2 Å². The van der Waals surface area contributed by atoms with Crippen molar-refractivity contribution in [3.05, 3.63) is 205 Å². The fourth-order valence-electron chi connectivity index (χ4n) is 8.57. The number of thiophene rings is 1. The minimum absolute atomic E-state index is 0.105. The second kappa shape index (κ2) is 13.7. The topological polar surface area (TPSA) is 49.2 Å². The standard InChI is InChI=1S/C51H37N3OS/c1-3-12-32(13-4-1)33-22-26-36(27-23-33)49-52-50(54-51(53-49)41-18-11-21-45-47(41)40-17-8-10-20-44(40)56-45)37-28-24-35(25-29-37)46-38(34-14-5-2-6-15-34)30-31-43-48(46)39-16-7-9-19-42(39)55-43/h1-31,49-54H. The molecule has 0 bridgehead atoms. The van der Waals surface area contributed by atoms with Crippen molar-refractivity contribution in [1.82, 2.24) is 16.0 Å². The monoisotopic (exact) mass is 739 g/mol. The fourth-order valence-corrected chi connectivity index (χ4v) is 9.71. The zero-order valence-corrected chi connectivity index (χ0v) is 31.3. The van der Waals surface area contributed by atoms with Crippen molar-refractivity contribution in [3.8, 4) is 33.4 Å². The molecule has 4 nitrogen and oxygen atoms in total. The zero-order valence-electron chi connectivity index (χ0n) is 30.4. The molecule has 1 aliphatic rings. The van der Waals surface area contributed by atoms with Gasteiger partial charge in [-0.05, 0) is 68.8 Å². The number of rotatable bonds is 6. The van der Waals surface area contributed by atoms with Crippen LogP contribution >= 0.6 is 11.3 Å². The summed E-state index contributed by atoms with van der Waals surface area (Å²) in [6.07, 6.45) is -0.350. The molecule has 3 N–H and O–H groups in total. The number of hydrogen-bond acceptors (Lipinski definition) is 5. The molecule has 1 saturated heterocycles. The maximum absolute atomic E-state index is 6.39. The molecule has 0 saturated carbocycles. The van der Waals surface area contributed by atoms with Gasteiger partial charge in [-0.15, -0.1) is 11.3 Å². The summed E-state index contributed by atoms with van der Waals surface area (Å²) in [4.78, 5) is 0. The second-order valence-corrected chi connectivity index (χ2v) is 15.6. The Kier molecular flexibility index (Phi) is 8.11. The highest BCUT2D eigenvalue weighted by Gasteiger charge is 2.31. The van der Waals surface area contributed by atoms with Crippen LogP contribution in [0.25, 0.3) is 75.5 Å². The first-order valence-electron chi connectivity index (χ1n) is 19.2. The predicted octanol–water partition coefficient (Wildman–Crippen LogP) is 13.1. The maximum Gasteiger partial charge on any atom is 0.136 e. The number of benzene rings is 8. The average Bonchev–Trinajstić information content (AvgIpc) is 3.85. The van der Waals surface area contributed by atoms with E-state index < -0.39 is 0 Å². The van der Waals surface area contributed by atoms with Gasteiger partial charge in [0.2, 0.25) is 0 Å². The van der Waals surface area contributed by atoms with Crippen LogP contribution < -0.4 is 16.0 Å². The lowest BCUT2D eigenvalue weighted by Crippen LogP contribution is -2.54. The van der Waals surface area contributed by atoms with Crippen LogP contribution in [-0.2, 0) is 0 Å². The summed E-state index contributed by atoms with van der Waals surface area (Å²) in [6, 6.07) is 67.4. The molecule has 3 atom stereocenters. The Bertz CT molecular complexity index is 3010. The molecule has 0 aliphatic carbocycles. The Morgan fingerprint density at radius 1 is 0.375 bits per heavy atom. The first-order chi connectivity index (χ1) is 27.7. The molecule has 2 aromatic heterocycles. The smallest absolute Gasteiger partial charge is 0.136 e. The lowest BCUT2D eigenvalue weighted by molar-refractivity contribution is 0.204. The van der Waals surface area contributed by atoms with Gasteiger partial charge in [-0.25, -0.2) is 0 Å². The molecule has 268 valence electrons. The Hall–Kier alpha value is -6.34. The molecule has 10 aromatic rings. The first kappa shape index (κ1) is 33.0. The van der Waals surface area contributed by atoms with E-state index in [-0.39, 0.29) is 18.5 Å². The number of furan rings is 1. The van der Waals surface area contributed by atoms with Crippen LogP contribution in [0.2, 0.25) is 0 Å². The van der Waals surface area contributed by atoms with Crippen LogP contribution in [-0.4, -0.2) is 0 Å². The third-order valence-corrected chi connectivity index (χ3v) is 12.4. The number of fused-ring (bicyclic) bond motifs is 6. The third kappa shape index (κ3) is 5.72. The summed E-state index contributed by atoms with van der Waals surface area (Å²) >= 11 is 1.86. The highest BCUT2D eigenvalue weighted by Crippen LogP contribution is 2.44. The highest BCUT2D eigenvalue weighted by molar-refractivity contribution is 7.25. The van der Waals surface area contributed by atoms with E-state index in [2.05, 4.69) is 198 Å². The van der Waals surface area contributed by atoms with Crippen molar-refractivity contribution < 1.29 is 4.42 Å². The SMILES string of the molecule is c1ccc(-c2ccc(C3NC(c4ccc(-c5c(-c6ccccc6)ccc6oc7ccccc7c56)cc4)NC(c4cccc5sc6ccccc6c45)N3)cc2)cc1. The van der Waals surface area contributed by atoms with E-state index in [1.165, 1.54) is 64.7 Å². The van der Waals surface area contributed by atoms with Gasteiger partial charge in [0.25, 0.3) is 0 Å². The van der Waals surface area contributed by atoms with E-state index in [4.69, 9.17) is 4.42 Å². The summed E-state index contributed by atoms with van der Waals surface area (Å²) in [6.45, 7) is 0. The molecule has 3 unspecified atom stereocenters. The van der Waals surface area contributed by atoms with Gasteiger partial charge in [0.1, 0.15) is 11.2 Å². The van der Waals surface area contributed by atoms with Gasteiger partial charge in [-0.2, -0.15) is 0 Å². The summed E-state index contributed by atoms with van der Waals surface area (Å²) < 4.78 is 8.99. The average molecular weight is 740 g/mol. The van der Waals surface area contributed by atoms with Crippen molar-refractivity contribution in [2.24, 2.45) is 0 Å². The second-order valence-electron chi connectivity index (χ2n) is 14.6. The summed E-state index contributed by atoms with van der Waals surface area (Å²) in [5, 5.41) is 16.7. The Morgan fingerprint density at radius 2 is 0.946 bits per heavy atom. The van der Waals surface area contributed by atoms with Crippen molar-refractivity contribution >= 4 is 53.4 Å². The summed E-state index contributed by atoms with van der Waals surface area (Å²) in [5.74, 6) is 0. The van der Waals surface area contributed by atoms with Gasteiger partial charge in [0.15, 0.2) is 0 Å². The van der Waals surface area contributed by atoms with E-state index in [0.29, 0.717) is 0 Å². The van der Waals surface area contributed by atoms with Crippen molar-refractivity contribution in [2.75, 3.05) is 0 Å². The largest absolute Gasteiger partial charge is 0.456 e. The van der Waals surface area contributed by atoms with Gasteiger partial charge < -0.3 is 4.42 Å². The van der Waals surface area contributed by atoms with E-state index in [1.54, 1.807) is 0 Å². The number of nitrogens with one attached hydrogen (secondary N) is 3. The van der Waals surface area contributed by atoms with Gasteiger partial charge in [-0.1, -0.05) is 164 Å². The summed E-state index contributed by atoms with van der Waals surface area (Å²) in [7, 11) is 0. The van der Waals surface area contributed by atoms with Crippen LogP contribution in [0, 0.1) is 0 Å². The van der Waals surface area contributed by atoms with Gasteiger partial charge in [-0.3, -0.25) is 16.0 Å². The van der Waals surface area contributed by atoms with Gasteiger partial charge in [0, 0.05) is 36.5 Å². The molecule has 8 aromatic carbocycles. The summed E-state index contributed by atoms with van der Waals surface area (Å²) in [5.41, 5.74) is 12.5. The Morgan fingerprint density at radius 3 is 1.68 bits per heavy atom. The van der Waals surface area contributed by atoms with Crippen molar-refractivity contribution in [2.45, 2.75) is 18.5 Å². The Balaban J connectivity index is 1.01. The van der Waals surface area contributed by atoms with E-state index in [1.807, 2.05) is 17.4 Å². The molecule has 1 aliphatic heterocycles. The van der Waals surface area contributed by atoms with Crippen LogP contribution in [0.15, 0.2) is 192 Å². The van der Waals surface area contributed by atoms with E-state index in [9.17, 15) is 0 Å². The van der Waals surface area contributed by atoms with Crippen LogP contribution in [0.4, 0.5) is 0 Å². The Labute approximate surface area is 329 Å². The molecular weight excluding hydrogens is 703 g/mol. The van der Waals surface area contributed by atoms with E-state index >= 15 is 0 Å². The molecule has 0 spiro atoms. The lowest BCUT2D eigenvalue weighted by Gasteiger charge is -2.40. The van der Waals surface area contributed by atoms with E-state index in [0.717, 1.165) is 27.5 Å². The molecule has 0 radical (unpaired) electrons. The number of hydrogen-bond donors (Lipinski definition) is 3. The molecule has 5 heteroatoms. The third-order valence-electron chi connectivity index (χ3n) is 11.3. The lowest BCUT2D eigenvalue weighted by atomic mass is 9.90. The van der Waals surface area contributed by atoms with Crippen LogP contribution in [0.5, 0.6) is 0 Å². The fraction of sp³-hybridized carbons (Fsp3) is 0.0588. The van der Waals surface area contributed by atoms with Crippen molar-refractivity contribution in [1.29, 1.82) is 0 Å². The van der Waals surface area contributed by atoms with Crippen LogP contribution in [0.3, 0.4) is 0 Å². The highest BCUT2D eigenvalue weighted by atomic mass is 32.1. The molecular formula is C51H37N3OS. The van der Waals surface area contributed by atoms with Gasteiger partial charge >= 0.3 is 0 Å². The first-order valence-corrected chi connectivity index (χ1v) is 20.0. The maximum atomic E-state index is 6.39. The van der Waals surface area contributed by atoms with Gasteiger partial charge in [0.05, 0.1) is 18.5 Å². The molecule has 11 rings (SSSR count). The predicted molar refractivity (Wildman–Crippen MR) is 233 cm³/mol. The molecule has 1 fully saturated rings. The number of para-hydroxylation sites is 1. The quantitative estimate of drug-likeness (QED) is 0.159. The normalized spacial score (nSPS) is 17.2. The molecule has 3 heterocycles. The molecule has 56 heavy (non-hydrogen) atoms.